The molecule has 1 aromatic heterocycles. The molecule has 4 rings (SSSR count). The highest BCUT2D eigenvalue weighted by molar-refractivity contribution is 7.07. The van der Waals surface area contributed by atoms with Crippen LogP contribution >= 0.6 is 22.9 Å². The summed E-state index contributed by atoms with van der Waals surface area (Å²) >= 11 is 7.33. The van der Waals surface area contributed by atoms with Gasteiger partial charge in [0.15, 0.2) is 11.4 Å². The SMILES string of the molecule is CC1=C(C(=O)OC(C)C)C(c2ccc(Cl)cc2)n2c(sc(=Cc3cccc(OCC#N)c3)c2=O)=N1. The fourth-order valence-electron chi connectivity index (χ4n) is 3.78. The van der Waals surface area contributed by atoms with Gasteiger partial charge in [0.1, 0.15) is 11.8 Å². The minimum absolute atomic E-state index is 0.0682. The number of thiazole rings is 1. The molecule has 0 N–H and O–H groups in total. The van der Waals surface area contributed by atoms with Crippen LogP contribution in [0, 0.1) is 11.3 Å². The highest BCUT2D eigenvalue weighted by Crippen LogP contribution is 2.31. The van der Waals surface area contributed by atoms with Crippen molar-refractivity contribution >= 4 is 35.0 Å². The van der Waals surface area contributed by atoms with E-state index in [1.165, 1.54) is 15.9 Å². The van der Waals surface area contributed by atoms with Crippen molar-refractivity contribution in [1.82, 2.24) is 4.57 Å². The third kappa shape index (κ3) is 5.21. The molecular formula is C26H22ClN3O4S. The van der Waals surface area contributed by atoms with Gasteiger partial charge in [-0.3, -0.25) is 9.36 Å². The van der Waals surface area contributed by atoms with Crippen molar-refractivity contribution in [1.29, 1.82) is 5.26 Å². The van der Waals surface area contributed by atoms with E-state index in [-0.39, 0.29) is 18.3 Å². The summed E-state index contributed by atoms with van der Waals surface area (Å²) in [6.45, 7) is 5.22. The predicted molar refractivity (Wildman–Crippen MR) is 134 cm³/mol. The zero-order valence-corrected chi connectivity index (χ0v) is 20.9. The molecule has 9 heteroatoms. The van der Waals surface area contributed by atoms with E-state index in [4.69, 9.17) is 26.3 Å². The highest BCUT2D eigenvalue weighted by Gasteiger charge is 2.33. The van der Waals surface area contributed by atoms with E-state index in [0.29, 0.717) is 31.4 Å². The summed E-state index contributed by atoms with van der Waals surface area (Å²) in [6, 6.07) is 15.4. The van der Waals surface area contributed by atoms with Crippen molar-refractivity contribution in [2.45, 2.75) is 32.9 Å². The Hall–Kier alpha value is -3.67. The molecule has 0 saturated heterocycles. The third-order valence-electron chi connectivity index (χ3n) is 5.23. The van der Waals surface area contributed by atoms with Crippen molar-refractivity contribution < 1.29 is 14.3 Å². The molecule has 1 aliphatic rings. The lowest BCUT2D eigenvalue weighted by atomic mass is 9.96. The summed E-state index contributed by atoms with van der Waals surface area (Å²) < 4.78 is 12.8. The first-order valence-electron chi connectivity index (χ1n) is 10.9. The second-order valence-electron chi connectivity index (χ2n) is 8.11. The standard InChI is InChI=1S/C26H22ClN3O4S/c1-15(2)34-25(32)22-16(3)29-26-30(23(22)18-7-9-19(27)10-8-18)24(31)21(35-26)14-17-5-4-6-20(13-17)33-12-11-28/h4-10,13-15,23H,12H2,1-3H3. The number of allylic oxidation sites excluding steroid dienone is 1. The molecule has 0 aliphatic carbocycles. The normalized spacial score (nSPS) is 15.4. The average Bonchev–Trinajstić information content (AvgIpc) is 3.11. The van der Waals surface area contributed by atoms with E-state index in [1.807, 2.05) is 12.1 Å². The maximum atomic E-state index is 13.6. The van der Waals surface area contributed by atoms with Gasteiger partial charge < -0.3 is 9.47 Å². The molecule has 2 heterocycles. The lowest BCUT2D eigenvalue weighted by molar-refractivity contribution is -0.143. The van der Waals surface area contributed by atoms with E-state index in [9.17, 15) is 9.59 Å². The van der Waals surface area contributed by atoms with E-state index < -0.39 is 12.0 Å². The van der Waals surface area contributed by atoms with Crippen LogP contribution in [0.3, 0.4) is 0 Å². The number of nitriles is 1. The Balaban J connectivity index is 1.88. The first kappa shape index (κ1) is 24.5. The Morgan fingerprint density at radius 1 is 1.29 bits per heavy atom. The molecule has 0 radical (unpaired) electrons. The van der Waals surface area contributed by atoms with E-state index in [1.54, 1.807) is 69.3 Å². The number of ether oxygens (including phenoxy) is 2. The number of carbonyl (C=O) groups excluding carboxylic acids is 1. The molecule has 0 saturated carbocycles. The van der Waals surface area contributed by atoms with Crippen LogP contribution in [0.4, 0.5) is 0 Å². The van der Waals surface area contributed by atoms with Gasteiger partial charge in [-0.15, -0.1) is 0 Å². The Bertz CT molecular complexity index is 1530. The number of fused-ring (bicyclic) bond motifs is 1. The molecule has 0 amide bonds. The second kappa shape index (κ2) is 10.3. The second-order valence-corrected chi connectivity index (χ2v) is 9.55. The van der Waals surface area contributed by atoms with Gasteiger partial charge in [0, 0.05) is 5.02 Å². The summed E-state index contributed by atoms with van der Waals surface area (Å²) in [5, 5.41) is 9.29. The number of aromatic nitrogens is 1. The number of esters is 1. The van der Waals surface area contributed by atoms with Crippen molar-refractivity contribution in [3.05, 3.63) is 95.6 Å². The van der Waals surface area contributed by atoms with Crippen LogP contribution in [0.5, 0.6) is 5.75 Å². The quantitative estimate of drug-likeness (QED) is 0.474. The monoisotopic (exact) mass is 507 g/mol. The summed E-state index contributed by atoms with van der Waals surface area (Å²) in [6.07, 6.45) is 1.42. The molecule has 1 aliphatic heterocycles. The highest BCUT2D eigenvalue weighted by atomic mass is 35.5. The van der Waals surface area contributed by atoms with Crippen LogP contribution in [0.2, 0.25) is 5.02 Å². The van der Waals surface area contributed by atoms with Gasteiger partial charge in [-0.25, -0.2) is 9.79 Å². The van der Waals surface area contributed by atoms with Gasteiger partial charge in [0.05, 0.1) is 27.9 Å². The summed E-state index contributed by atoms with van der Waals surface area (Å²) in [5.41, 5.74) is 1.99. The molecule has 2 aromatic carbocycles. The Labute approximate surface area is 210 Å². The molecule has 0 fully saturated rings. The van der Waals surface area contributed by atoms with Crippen LogP contribution in [0.1, 0.15) is 37.9 Å². The Kier molecular flexibility index (Phi) is 7.20. The van der Waals surface area contributed by atoms with Gasteiger partial charge in [-0.2, -0.15) is 5.26 Å². The minimum atomic E-state index is -0.706. The number of halogens is 1. The Morgan fingerprint density at radius 2 is 2.03 bits per heavy atom. The van der Waals surface area contributed by atoms with Gasteiger partial charge in [-0.1, -0.05) is 47.2 Å². The van der Waals surface area contributed by atoms with Crippen molar-refractivity contribution in [3.63, 3.8) is 0 Å². The van der Waals surface area contributed by atoms with Gasteiger partial charge >= 0.3 is 5.97 Å². The average molecular weight is 508 g/mol. The largest absolute Gasteiger partial charge is 0.479 e. The van der Waals surface area contributed by atoms with E-state index >= 15 is 0 Å². The Morgan fingerprint density at radius 3 is 2.71 bits per heavy atom. The number of carbonyl (C=O) groups is 1. The van der Waals surface area contributed by atoms with Crippen molar-refractivity contribution in [3.8, 4) is 11.8 Å². The molecule has 1 unspecified atom stereocenters. The number of benzene rings is 2. The number of hydrogen-bond donors (Lipinski definition) is 0. The van der Waals surface area contributed by atoms with E-state index in [2.05, 4.69) is 4.99 Å². The van der Waals surface area contributed by atoms with Gasteiger partial charge in [0.2, 0.25) is 0 Å². The zero-order valence-electron chi connectivity index (χ0n) is 19.3. The third-order valence-corrected chi connectivity index (χ3v) is 6.46. The van der Waals surface area contributed by atoms with Crippen LogP contribution in [-0.4, -0.2) is 23.2 Å². The minimum Gasteiger partial charge on any atom is -0.479 e. The maximum Gasteiger partial charge on any atom is 0.338 e. The number of rotatable bonds is 6. The zero-order chi connectivity index (χ0) is 25.1. The molecule has 0 spiro atoms. The van der Waals surface area contributed by atoms with Gasteiger partial charge in [-0.05, 0) is 62.2 Å². The molecule has 0 bridgehead atoms. The number of hydrogen-bond acceptors (Lipinski definition) is 7. The molecule has 1 atom stereocenters. The molecular weight excluding hydrogens is 486 g/mol. The summed E-state index contributed by atoms with van der Waals surface area (Å²) in [4.78, 5) is 31.8. The summed E-state index contributed by atoms with van der Waals surface area (Å²) in [7, 11) is 0. The molecule has 7 nitrogen and oxygen atoms in total. The van der Waals surface area contributed by atoms with Crippen LogP contribution in [-0.2, 0) is 9.53 Å². The van der Waals surface area contributed by atoms with Crippen molar-refractivity contribution in [2.24, 2.45) is 4.99 Å². The van der Waals surface area contributed by atoms with Crippen LogP contribution in [0.25, 0.3) is 6.08 Å². The lowest BCUT2D eigenvalue weighted by Crippen LogP contribution is -2.40. The molecule has 35 heavy (non-hydrogen) atoms. The fourth-order valence-corrected chi connectivity index (χ4v) is 4.95. The fraction of sp³-hybridized carbons (Fsp3) is 0.231. The maximum absolute atomic E-state index is 13.6. The smallest absolute Gasteiger partial charge is 0.338 e. The van der Waals surface area contributed by atoms with E-state index in [0.717, 1.165) is 11.1 Å². The first-order chi connectivity index (χ1) is 16.8. The van der Waals surface area contributed by atoms with Crippen LogP contribution in [0.15, 0.2) is 69.6 Å². The van der Waals surface area contributed by atoms with Crippen molar-refractivity contribution in [2.75, 3.05) is 6.61 Å². The number of nitrogens with zero attached hydrogens (tertiary/aromatic N) is 3. The lowest BCUT2D eigenvalue weighted by Gasteiger charge is -2.25. The topological polar surface area (TPSA) is 93.7 Å². The predicted octanol–water partition coefficient (Wildman–Crippen LogP) is 3.74. The van der Waals surface area contributed by atoms with Crippen LogP contribution < -0.4 is 19.6 Å². The van der Waals surface area contributed by atoms with Gasteiger partial charge in [0.25, 0.3) is 5.56 Å². The molecule has 3 aromatic rings. The summed E-state index contributed by atoms with van der Waals surface area (Å²) in [5.74, 6) is 0.0134. The first-order valence-corrected chi connectivity index (χ1v) is 12.1. The molecule has 178 valence electrons.